The Kier molecular flexibility index (Phi) is 6.59. The summed E-state index contributed by atoms with van der Waals surface area (Å²) in [5.41, 5.74) is 0.536. The molecule has 6 nitrogen and oxygen atoms in total. The molecule has 2 amide bonds. The molecular weight excluding hydrogens is 358 g/mol. The maximum Gasteiger partial charge on any atom is 0.337 e. The SMILES string of the molecule is COC(=O)c1cccc(N(CCC(=O)Nc2ccc(F)cc2F)C(C)=O)c1. The van der Waals surface area contributed by atoms with Gasteiger partial charge in [-0.3, -0.25) is 9.59 Å². The second kappa shape index (κ2) is 8.88. The molecule has 0 aromatic heterocycles. The molecule has 2 aromatic carbocycles. The first kappa shape index (κ1) is 20.0. The van der Waals surface area contributed by atoms with Crippen LogP contribution in [-0.4, -0.2) is 31.4 Å². The van der Waals surface area contributed by atoms with Crippen LogP contribution in [0.2, 0.25) is 0 Å². The topological polar surface area (TPSA) is 75.7 Å². The fourth-order valence-electron chi connectivity index (χ4n) is 2.40. The molecule has 1 N–H and O–H groups in total. The summed E-state index contributed by atoms with van der Waals surface area (Å²) in [6, 6.07) is 9.03. The summed E-state index contributed by atoms with van der Waals surface area (Å²) in [5.74, 6) is -3.07. The lowest BCUT2D eigenvalue weighted by molar-refractivity contribution is -0.117. The lowest BCUT2D eigenvalue weighted by Crippen LogP contribution is -2.32. The van der Waals surface area contributed by atoms with Gasteiger partial charge in [-0.15, -0.1) is 0 Å². The number of benzene rings is 2. The highest BCUT2D eigenvalue weighted by Gasteiger charge is 2.16. The Bertz CT molecular complexity index is 871. The minimum atomic E-state index is -0.891. The van der Waals surface area contributed by atoms with Crippen LogP contribution in [0.4, 0.5) is 20.2 Å². The molecule has 0 atom stereocenters. The van der Waals surface area contributed by atoms with E-state index in [-0.39, 0.29) is 30.1 Å². The largest absolute Gasteiger partial charge is 0.465 e. The zero-order valence-corrected chi connectivity index (χ0v) is 14.8. The molecule has 27 heavy (non-hydrogen) atoms. The van der Waals surface area contributed by atoms with Crippen LogP contribution < -0.4 is 10.2 Å². The number of nitrogens with one attached hydrogen (secondary N) is 1. The Hall–Kier alpha value is -3.29. The van der Waals surface area contributed by atoms with Crippen LogP contribution in [0.25, 0.3) is 0 Å². The standard InChI is InChI=1S/C19H18F2N2O4/c1-12(24)23(15-5-3-4-13(10-15)19(26)27-2)9-8-18(25)22-17-7-6-14(20)11-16(17)21/h3-7,10-11H,8-9H2,1-2H3,(H,22,25). The molecule has 0 unspecified atom stereocenters. The smallest absolute Gasteiger partial charge is 0.337 e. The molecule has 0 aliphatic carbocycles. The number of esters is 1. The lowest BCUT2D eigenvalue weighted by atomic mass is 10.1. The van der Waals surface area contributed by atoms with Gasteiger partial charge in [0.15, 0.2) is 0 Å². The van der Waals surface area contributed by atoms with Crippen LogP contribution in [-0.2, 0) is 14.3 Å². The predicted molar refractivity (Wildman–Crippen MR) is 95.4 cm³/mol. The summed E-state index contributed by atoms with van der Waals surface area (Å²) in [5, 5.41) is 2.33. The van der Waals surface area contributed by atoms with Gasteiger partial charge < -0.3 is 15.0 Å². The Balaban J connectivity index is 2.07. The number of anilines is 2. The number of carbonyl (C=O) groups excluding carboxylic acids is 3. The average molecular weight is 376 g/mol. The van der Waals surface area contributed by atoms with Crippen LogP contribution >= 0.6 is 0 Å². The number of amides is 2. The van der Waals surface area contributed by atoms with Crippen molar-refractivity contribution in [3.63, 3.8) is 0 Å². The monoisotopic (exact) mass is 376 g/mol. The van der Waals surface area contributed by atoms with Gasteiger partial charge in [-0.25, -0.2) is 13.6 Å². The molecule has 0 saturated carbocycles. The van der Waals surface area contributed by atoms with Crippen LogP contribution in [0.15, 0.2) is 42.5 Å². The van der Waals surface area contributed by atoms with Gasteiger partial charge in [-0.1, -0.05) is 6.07 Å². The van der Waals surface area contributed by atoms with Crippen LogP contribution in [0.3, 0.4) is 0 Å². The normalized spacial score (nSPS) is 10.2. The highest BCUT2D eigenvalue weighted by atomic mass is 19.1. The Morgan fingerprint density at radius 1 is 1.11 bits per heavy atom. The Morgan fingerprint density at radius 3 is 2.48 bits per heavy atom. The fraction of sp³-hybridized carbons (Fsp3) is 0.211. The molecule has 0 spiro atoms. The molecule has 142 valence electrons. The lowest BCUT2D eigenvalue weighted by Gasteiger charge is -2.21. The minimum absolute atomic E-state index is 0.00854. The zero-order valence-electron chi connectivity index (χ0n) is 14.8. The van der Waals surface area contributed by atoms with Gasteiger partial charge in [0.1, 0.15) is 11.6 Å². The van der Waals surface area contributed by atoms with E-state index in [0.717, 1.165) is 12.1 Å². The predicted octanol–water partition coefficient (Wildman–Crippen LogP) is 3.13. The van der Waals surface area contributed by atoms with E-state index in [4.69, 9.17) is 0 Å². The van der Waals surface area contributed by atoms with E-state index in [9.17, 15) is 23.2 Å². The zero-order chi connectivity index (χ0) is 20.0. The van der Waals surface area contributed by atoms with Gasteiger partial charge in [-0.2, -0.15) is 0 Å². The second-order valence-electron chi connectivity index (χ2n) is 5.63. The van der Waals surface area contributed by atoms with Crippen molar-refractivity contribution in [3.05, 3.63) is 59.7 Å². The van der Waals surface area contributed by atoms with E-state index in [2.05, 4.69) is 10.1 Å². The van der Waals surface area contributed by atoms with Crippen molar-refractivity contribution in [3.8, 4) is 0 Å². The summed E-state index contributed by atoms with van der Waals surface area (Å²) >= 11 is 0. The third kappa shape index (κ3) is 5.34. The van der Waals surface area contributed by atoms with E-state index in [0.29, 0.717) is 11.8 Å². The molecular formula is C19H18F2N2O4. The van der Waals surface area contributed by atoms with E-state index < -0.39 is 23.5 Å². The minimum Gasteiger partial charge on any atom is -0.465 e. The molecule has 0 aliphatic rings. The number of methoxy groups -OCH3 is 1. The third-order valence-corrected chi connectivity index (χ3v) is 3.73. The quantitative estimate of drug-likeness (QED) is 0.786. The summed E-state index contributed by atoms with van der Waals surface area (Å²) in [7, 11) is 1.25. The maximum absolute atomic E-state index is 13.6. The molecule has 0 radical (unpaired) electrons. The van der Waals surface area contributed by atoms with Crippen LogP contribution in [0, 0.1) is 11.6 Å². The molecule has 2 rings (SSSR count). The van der Waals surface area contributed by atoms with Gasteiger partial charge in [0.05, 0.1) is 18.4 Å². The van der Waals surface area contributed by atoms with E-state index in [1.807, 2.05) is 0 Å². The first-order chi connectivity index (χ1) is 12.8. The Labute approximate surface area is 154 Å². The number of rotatable bonds is 6. The second-order valence-corrected chi connectivity index (χ2v) is 5.63. The first-order valence-electron chi connectivity index (χ1n) is 8.03. The summed E-state index contributed by atoms with van der Waals surface area (Å²) in [4.78, 5) is 36.9. The average Bonchev–Trinajstić information content (AvgIpc) is 2.63. The third-order valence-electron chi connectivity index (χ3n) is 3.73. The van der Waals surface area contributed by atoms with Gasteiger partial charge in [0.25, 0.3) is 0 Å². The highest BCUT2D eigenvalue weighted by molar-refractivity contribution is 5.96. The van der Waals surface area contributed by atoms with Gasteiger partial charge >= 0.3 is 5.97 Å². The first-order valence-corrected chi connectivity index (χ1v) is 8.03. The molecule has 0 saturated heterocycles. The molecule has 8 heteroatoms. The summed E-state index contributed by atoms with van der Waals surface area (Å²) in [6.07, 6.45) is -0.126. The van der Waals surface area contributed by atoms with Crippen molar-refractivity contribution in [2.45, 2.75) is 13.3 Å². The number of hydrogen-bond donors (Lipinski definition) is 1. The van der Waals surface area contributed by atoms with E-state index in [1.165, 1.54) is 31.1 Å². The highest BCUT2D eigenvalue weighted by Crippen LogP contribution is 2.19. The van der Waals surface area contributed by atoms with Crippen molar-refractivity contribution in [2.24, 2.45) is 0 Å². The van der Waals surface area contributed by atoms with Crippen LogP contribution in [0.1, 0.15) is 23.7 Å². The summed E-state index contributed by atoms with van der Waals surface area (Å²) < 4.78 is 31.1. The fourth-order valence-corrected chi connectivity index (χ4v) is 2.40. The number of halogens is 2. The van der Waals surface area contributed by atoms with Crippen molar-refractivity contribution >= 4 is 29.2 Å². The molecule has 2 aromatic rings. The Morgan fingerprint density at radius 2 is 1.85 bits per heavy atom. The number of hydrogen-bond acceptors (Lipinski definition) is 4. The molecule has 0 bridgehead atoms. The summed E-state index contributed by atoms with van der Waals surface area (Å²) in [6.45, 7) is 1.33. The van der Waals surface area contributed by atoms with Gasteiger partial charge in [0, 0.05) is 31.6 Å². The van der Waals surface area contributed by atoms with Crippen molar-refractivity contribution in [1.29, 1.82) is 0 Å². The van der Waals surface area contributed by atoms with Crippen molar-refractivity contribution in [1.82, 2.24) is 0 Å². The van der Waals surface area contributed by atoms with Crippen LogP contribution in [0.5, 0.6) is 0 Å². The molecule has 0 fully saturated rings. The van der Waals surface area contributed by atoms with Crippen molar-refractivity contribution < 1.29 is 27.9 Å². The number of carbonyl (C=O) groups is 3. The number of nitrogens with zero attached hydrogens (tertiary/aromatic N) is 1. The molecule has 0 aliphatic heterocycles. The van der Waals surface area contributed by atoms with Crippen molar-refractivity contribution in [2.75, 3.05) is 23.9 Å². The number of ether oxygens (including phenoxy) is 1. The maximum atomic E-state index is 13.6. The van der Waals surface area contributed by atoms with E-state index >= 15 is 0 Å². The van der Waals surface area contributed by atoms with Gasteiger partial charge in [-0.05, 0) is 30.3 Å². The van der Waals surface area contributed by atoms with Gasteiger partial charge in [0.2, 0.25) is 11.8 Å². The van der Waals surface area contributed by atoms with E-state index in [1.54, 1.807) is 12.1 Å². The molecule has 0 heterocycles.